The van der Waals surface area contributed by atoms with Crippen molar-refractivity contribution in [2.24, 2.45) is 5.73 Å². The summed E-state index contributed by atoms with van der Waals surface area (Å²) < 4.78 is 17.9. The molecule has 1 rings (SSSR count). The average molecular weight is 185 g/mol. The van der Waals surface area contributed by atoms with Crippen molar-refractivity contribution in [2.45, 2.75) is 19.0 Å². The number of ether oxygens (including phenoxy) is 1. The zero-order valence-corrected chi connectivity index (χ0v) is 7.27. The molecule has 1 aromatic rings. The number of alkyl halides is 1. The molecule has 3 nitrogen and oxygen atoms in total. The van der Waals surface area contributed by atoms with E-state index in [1.807, 2.05) is 0 Å². The molecule has 0 aliphatic heterocycles. The molecule has 0 saturated heterocycles. The highest BCUT2D eigenvalue weighted by atomic mass is 19.2. The lowest BCUT2D eigenvalue weighted by Crippen LogP contribution is -2.50. The Morgan fingerprint density at radius 1 is 1.46 bits per heavy atom. The topological polar surface area (TPSA) is 55.5 Å². The number of aliphatic hydroxyl groups is 1. The Morgan fingerprint density at radius 3 is 2.46 bits per heavy atom. The Kier molecular flexibility index (Phi) is 2.85. The van der Waals surface area contributed by atoms with Crippen molar-refractivity contribution < 1.29 is 14.2 Å². The van der Waals surface area contributed by atoms with Gasteiger partial charge in [0.2, 0.25) is 0 Å². The van der Waals surface area contributed by atoms with Crippen LogP contribution in [0.5, 0.6) is 5.75 Å². The molecular weight excluding hydrogens is 173 g/mol. The van der Waals surface area contributed by atoms with Gasteiger partial charge in [-0.3, -0.25) is 5.73 Å². The molecule has 72 valence electrons. The van der Waals surface area contributed by atoms with Crippen LogP contribution in [0.4, 0.5) is 4.39 Å². The number of para-hydroxylation sites is 1. The molecule has 2 unspecified atom stereocenters. The largest absolute Gasteiger partial charge is 0.443 e. The van der Waals surface area contributed by atoms with Crippen molar-refractivity contribution >= 4 is 0 Å². The quantitative estimate of drug-likeness (QED) is 0.546. The molecule has 0 heterocycles. The normalized spacial score (nSPS) is 17.5. The summed E-state index contributed by atoms with van der Waals surface area (Å²) in [7, 11) is 0. The van der Waals surface area contributed by atoms with Crippen molar-refractivity contribution in [1.82, 2.24) is 0 Å². The molecule has 0 spiro atoms. The number of benzene rings is 1. The standard InChI is InChI=1S/C9H12FNO2/c1-7(12)9(10,11)13-8-5-3-2-4-6-8/h2-7,12H,11H2,1H3. The second kappa shape index (κ2) is 3.72. The summed E-state index contributed by atoms with van der Waals surface area (Å²) >= 11 is 0. The SMILES string of the molecule is CC(O)C(N)(F)Oc1ccccc1. The van der Waals surface area contributed by atoms with Crippen LogP contribution in [0.1, 0.15) is 6.92 Å². The van der Waals surface area contributed by atoms with Crippen LogP contribution in [-0.2, 0) is 0 Å². The van der Waals surface area contributed by atoms with Crippen molar-refractivity contribution in [3.63, 3.8) is 0 Å². The molecule has 0 fully saturated rings. The molecular formula is C9H12FNO2. The highest BCUT2D eigenvalue weighted by Gasteiger charge is 2.32. The van der Waals surface area contributed by atoms with Gasteiger partial charge in [-0.1, -0.05) is 18.2 Å². The average Bonchev–Trinajstić information content (AvgIpc) is 2.05. The van der Waals surface area contributed by atoms with Gasteiger partial charge in [-0.25, -0.2) is 0 Å². The van der Waals surface area contributed by atoms with Crippen LogP contribution < -0.4 is 10.5 Å². The van der Waals surface area contributed by atoms with Crippen LogP contribution in [0, 0.1) is 0 Å². The minimum absolute atomic E-state index is 0.286. The molecule has 3 N–H and O–H groups in total. The summed E-state index contributed by atoms with van der Waals surface area (Å²) in [5.74, 6) is -2.25. The monoisotopic (exact) mass is 185 g/mol. The zero-order chi connectivity index (χ0) is 9.90. The van der Waals surface area contributed by atoms with Gasteiger partial charge in [0, 0.05) is 0 Å². The fourth-order valence-electron chi connectivity index (χ4n) is 0.754. The van der Waals surface area contributed by atoms with Crippen LogP contribution >= 0.6 is 0 Å². The number of rotatable bonds is 3. The van der Waals surface area contributed by atoms with Gasteiger partial charge in [0.05, 0.1) is 0 Å². The highest BCUT2D eigenvalue weighted by molar-refractivity contribution is 5.21. The van der Waals surface area contributed by atoms with E-state index in [1.54, 1.807) is 30.3 Å². The summed E-state index contributed by atoms with van der Waals surface area (Å²) in [6.45, 7) is 1.23. The third-order valence-corrected chi connectivity index (χ3v) is 1.59. The third kappa shape index (κ3) is 2.68. The van der Waals surface area contributed by atoms with E-state index in [9.17, 15) is 4.39 Å². The molecule has 0 aliphatic carbocycles. The van der Waals surface area contributed by atoms with Crippen molar-refractivity contribution in [2.75, 3.05) is 0 Å². The third-order valence-electron chi connectivity index (χ3n) is 1.59. The van der Waals surface area contributed by atoms with Gasteiger partial charge in [-0.15, -0.1) is 0 Å². The van der Waals surface area contributed by atoms with Crippen LogP contribution in [0.2, 0.25) is 0 Å². The Labute approximate surface area is 75.9 Å². The minimum Gasteiger partial charge on any atom is -0.443 e. The zero-order valence-electron chi connectivity index (χ0n) is 7.27. The van der Waals surface area contributed by atoms with Crippen molar-refractivity contribution in [1.29, 1.82) is 0 Å². The van der Waals surface area contributed by atoms with E-state index in [1.165, 1.54) is 6.92 Å². The predicted molar refractivity (Wildman–Crippen MR) is 46.8 cm³/mol. The first-order valence-electron chi connectivity index (χ1n) is 3.92. The van der Waals surface area contributed by atoms with E-state index < -0.39 is 12.1 Å². The lowest BCUT2D eigenvalue weighted by molar-refractivity contribution is -0.137. The lowest BCUT2D eigenvalue weighted by atomic mass is 10.3. The summed E-state index contributed by atoms with van der Waals surface area (Å²) in [5, 5.41) is 8.92. The number of nitrogens with two attached hydrogens (primary N) is 1. The van der Waals surface area contributed by atoms with Gasteiger partial charge < -0.3 is 9.84 Å². The van der Waals surface area contributed by atoms with E-state index in [-0.39, 0.29) is 5.75 Å². The number of aliphatic hydroxyl groups excluding tert-OH is 1. The minimum atomic E-state index is -2.54. The van der Waals surface area contributed by atoms with E-state index in [0.29, 0.717) is 0 Å². The first-order valence-corrected chi connectivity index (χ1v) is 3.92. The van der Waals surface area contributed by atoms with Crippen LogP contribution in [0.25, 0.3) is 0 Å². The van der Waals surface area contributed by atoms with Gasteiger partial charge >= 0.3 is 5.98 Å². The van der Waals surface area contributed by atoms with E-state index in [4.69, 9.17) is 15.6 Å². The molecule has 4 heteroatoms. The lowest BCUT2D eigenvalue weighted by Gasteiger charge is -2.24. The van der Waals surface area contributed by atoms with Gasteiger partial charge in [-0.05, 0) is 19.1 Å². The van der Waals surface area contributed by atoms with Gasteiger partial charge in [0.25, 0.3) is 0 Å². The number of hydrogen-bond donors (Lipinski definition) is 2. The maximum absolute atomic E-state index is 13.2. The van der Waals surface area contributed by atoms with Crippen LogP contribution in [-0.4, -0.2) is 17.2 Å². The summed E-state index contributed by atoms with van der Waals surface area (Å²) in [5.41, 5.74) is 5.05. The molecule has 13 heavy (non-hydrogen) atoms. The number of hydrogen-bond acceptors (Lipinski definition) is 3. The summed E-state index contributed by atoms with van der Waals surface area (Å²) in [4.78, 5) is 0. The molecule has 0 saturated carbocycles. The smallest absolute Gasteiger partial charge is 0.331 e. The molecule has 0 aliphatic rings. The maximum atomic E-state index is 13.2. The number of halogens is 1. The molecule has 0 amide bonds. The Balaban J connectivity index is 2.69. The Morgan fingerprint density at radius 2 is 2.00 bits per heavy atom. The molecule has 2 atom stereocenters. The van der Waals surface area contributed by atoms with Crippen molar-refractivity contribution in [3.05, 3.63) is 30.3 Å². The second-order valence-corrected chi connectivity index (χ2v) is 2.79. The van der Waals surface area contributed by atoms with Crippen molar-refractivity contribution in [3.8, 4) is 5.75 Å². The van der Waals surface area contributed by atoms with Gasteiger partial charge in [0.1, 0.15) is 11.9 Å². The first kappa shape index (κ1) is 9.95. The Hall–Kier alpha value is -1.13. The predicted octanol–water partition coefficient (Wildman–Crippen LogP) is 1.03. The summed E-state index contributed by atoms with van der Waals surface area (Å²) in [6.07, 6.45) is -1.38. The molecule has 1 aromatic carbocycles. The fourth-order valence-corrected chi connectivity index (χ4v) is 0.754. The maximum Gasteiger partial charge on any atom is 0.331 e. The van der Waals surface area contributed by atoms with E-state index in [0.717, 1.165) is 0 Å². The molecule has 0 bridgehead atoms. The first-order chi connectivity index (χ1) is 6.02. The van der Waals surface area contributed by atoms with Gasteiger partial charge in [0.15, 0.2) is 0 Å². The van der Waals surface area contributed by atoms with Crippen LogP contribution in [0.15, 0.2) is 30.3 Å². The van der Waals surface area contributed by atoms with Crippen LogP contribution in [0.3, 0.4) is 0 Å². The molecule has 0 aromatic heterocycles. The summed E-state index contributed by atoms with van der Waals surface area (Å²) in [6, 6.07) is 8.26. The Bertz CT molecular complexity index is 262. The molecule has 0 radical (unpaired) electrons. The second-order valence-electron chi connectivity index (χ2n) is 2.79. The van der Waals surface area contributed by atoms with E-state index in [2.05, 4.69) is 0 Å². The van der Waals surface area contributed by atoms with Gasteiger partial charge in [-0.2, -0.15) is 4.39 Å². The highest BCUT2D eigenvalue weighted by Crippen LogP contribution is 2.17. The van der Waals surface area contributed by atoms with E-state index >= 15 is 0 Å². The fraction of sp³-hybridized carbons (Fsp3) is 0.333.